The number of benzene rings is 3. The summed E-state index contributed by atoms with van der Waals surface area (Å²) in [6.07, 6.45) is 0. The molecule has 0 unspecified atom stereocenters. The molecular weight excluding hydrogens is 448 g/mol. The first-order valence-corrected chi connectivity index (χ1v) is 12.9. The van der Waals surface area contributed by atoms with E-state index in [1.54, 1.807) is 7.11 Å². The lowest BCUT2D eigenvalue weighted by Crippen LogP contribution is -2.54. The number of ether oxygens (including phenoxy) is 1. The molecule has 0 N–H and O–H groups in total. The van der Waals surface area contributed by atoms with Crippen molar-refractivity contribution in [2.45, 2.75) is 6.04 Å². The molecular formula is C30H36N4O2. The standard InChI is InChI=1S/C30H36N4O2/c1-36-28-14-12-27(13-15-28)32-20-22-33(23-21-32)29(35)24-31-16-18-34(19-17-31)30(25-8-4-2-5-9-25)26-10-6-3-7-11-26/h2-15,30H,16-24H2,1H3. The monoisotopic (exact) mass is 484 g/mol. The molecule has 2 aliphatic heterocycles. The summed E-state index contributed by atoms with van der Waals surface area (Å²) in [5.74, 6) is 1.12. The van der Waals surface area contributed by atoms with Crippen molar-refractivity contribution in [2.75, 3.05) is 70.9 Å². The van der Waals surface area contributed by atoms with Crippen LogP contribution in [0.2, 0.25) is 0 Å². The molecule has 2 heterocycles. The fourth-order valence-electron chi connectivity index (χ4n) is 5.36. The lowest BCUT2D eigenvalue weighted by atomic mass is 9.96. The Kier molecular flexibility index (Phi) is 7.84. The van der Waals surface area contributed by atoms with Gasteiger partial charge in [0, 0.05) is 58.0 Å². The van der Waals surface area contributed by atoms with Crippen LogP contribution < -0.4 is 9.64 Å². The highest BCUT2D eigenvalue weighted by molar-refractivity contribution is 5.78. The van der Waals surface area contributed by atoms with Gasteiger partial charge in [-0.25, -0.2) is 0 Å². The number of hydrogen-bond donors (Lipinski definition) is 0. The molecule has 2 fully saturated rings. The van der Waals surface area contributed by atoms with Crippen LogP contribution in [0, 0.1) is 0 Å². The molecule has 6 nitrogen and oxygen atoms in total. The number of hydrogen-bond acceptors (Lipinski definition) is 5. The van der Waals surface area contributed by atoms with E-state index in [0.29, 0.717) is 6.54 Å². The number of piperazine rings is 2. The number of nitrogens with zero attached hydrogens (tertiary/aromatic N) is 4. The van der Waals surface area contributed by atoms with E-state index in [-0.39, 0.29) is 11.9 Å². The molecule has 3 aromatic rings. The molecule has 5 rings (SSSR count). The van der Waals surface area contributed by atoms with Crippen molar-refractivity contribution < 1.29 is 9.53 Å². The molecule has 0 saturated carbocycles. The minimum atomic E-state index is 0.247. The Hall–Kier alpha value is -3.35. The van der Waals surface area contributed by atoms with Crippen LogP contribution in [0.15, 0.2) is 84.9 Å². The van der Waals surface area contributed by atoms with Gasteiger partial charge in [-0.05, 0) is 35.4 Å². The third kappa shape index (κ3) is 5.72. The Morgan fingerprint density at radius 2 is 1.28 bits per heavy atom. The van der Waals surface area contributed by atoms with Crippen molar-refractivity contribution in [1.82, 2.24) is 14.7 Å². The highest BCUT2D eigenvalue weighted by Gasteiger charge is 2.28. The molecule has 0 radical (unpaired) electrons. The van der Waals surface area contributed by atoms with Crippen LogP contribution in [0.3, 0.4) is 0 Å². The van der Waals surface area contributed by atoms with E-state index in [1.807, 2.05) is 17.0 Å². The van der Waals surface area contributed by atoms with Gasteiger partial charge in [0.15, 0.2) is 0 Å². The average Bonchev–Trinajstić information content (AvgIpc) is 2.95. The maximum absolute atomic E-state index is 13.1. The van der Waals surface area contributed by atoms with Crippen molar-refractivity contribution in [3.63, 3.8) is 0 Å². The van der Waals surface area contributed by atoms with Gasteiger partial charge in [0.05, 0.1) is 19.7 Å². The van der Waals surface area contributed by atoms with Gasteiger partial charge in [0.1, 0.15) is 5.75 Å². The number of anilines is 1. The smallest absolute Gasteiger partial charge is 0.236 e. The summed E-state index contributed by atoms with van der Waals surface area (Å²) in [5.41, 5.74) is 3.83. The zero-order valence-corrected chi connectivity index (χ0v) is 21.1. The first-order valence-electron chi connectivity index (χ1n) is 12.9. The maximum atomic E-state index is 13.1. The van der Waals surface area contributed by atoms with E-state index in [0.717, 1.165) is 58.1 Å². The molecule has 36 heavy (non-hydrogen) atoms. The highest BCUT2D eigenvalue weighted by atomic mass is 16.5. The summed E-state index contributed by atoms with van der Waals surface area (Å²) >= 11 is 0. The van der Waals surface area contributed by atoms with E-state index in [2.05, 4.69) is 87.5 Å². The lowest BCUT2D eigenvalue weighted by molar-refractivity contribution is -0.133. The van der Waals surface area contributed by atoms with Gasteiger partial charge >= 0.3 is 0 Å². The van der Waals surface area contributed by atoms with Crippen LogP contribution in [0.5, 0.6) is 5.75 Å². The molecule has 0 atom stereocenters. The fourth-order valence-corrected chi connectivity index (χ4v) is 5.36. The molecule has 6 heteroatoms. The number of methoxy groups -OCH3 is 1. The first-order chi connectivity index (χ1) is 17.7. The topological polar surface area (TPSA) is 39.3 Å². The zero-order chi connectivity index (χ0) is 24.7. The predicted molar refractivity (Wildman–Crippen MR) is 145 cm³/mol. The molecule has 0 bridgehead atoms. The van der Waals surface area contributed by atoms with E-state index in [9.17, 15) is 4.79 Å². The molecule has 3 aromatic carbocycles. The fraction of sp³-hybridized carbons (Fsp3) is 0.367. The third-order valence-corrected chi connectivity index (χ3v) is 7.43. The van der Waals surface area contributed by atoms with Gasteiger partial charge in [0.25, 0.3) is 0 Å². The molecule has 2 saturated heterocycles. The maximum Gasteiger partial charge on any atom is 0.236 e. The van der Waals surface area contributed by atoms with Crippen LogP contribution in [-0.4, -0.2) is 86.6 Å². The Balaban J connectivity index is 1.13. The van der Waals surface area contributed by atoms with Crippen molar-refractivity contribution in [3.8, 4) is 5.75 Å². The Morgan fingerprint density at radius 3 is 1.81 bits per heavy atom. The van der Waals surface area contributed by atoms with Crippen molar-refractivity contribution in [1.29, 1.82) is 0 Å². The Morgan fingerprint density at radius 1 is 0.722 bits per heavy atom. The second-order valence-electron chi connectivity index (χ2n) is 9.60. The SMILES string of the molecule is COc1ccc(N2CCN(C(=O)CN3CCN(C(c4ccccc4)c4ccccc4)CC3)CC2)cc1. The summed E-state index contributed by atoms with van der Waals surface area (Å²) in [4.78, 5) is 22.3. The highest BCUT2D eigenvalue weighted by Crippen LogP contribution is 2.29. The number of rotatable bonds is 7. The second kappa shape index (κ2) is 11.6. The van der Waals surface area contributed by atoms with Crippen LogP contribution in [-0.2, 0) is 4.79 Å². The van der Waals surface area contributed by atoms with E-state index >= 15 is 0 Å². The van der Waals surface area contributed by atoms with Crippen LogP contribution in [0.1, 0.15) is 17.2 Å². The number of amides is 1. The van der Waals surface area contributed by atoms with Crippen molar-refractivity contribution in [2.24, 2.45) is 0 Å². The minimum Gasteiger partial charge on any atom is -0.497 e. The largest absolute Gasteiger partial charge is 0.497 e. The summed E-state index contributed by atoms with van der Waals surface area (Å²) in [5, 5.41) is 0. The Labute approximate surface area is 214 Å². The number of carbonyl (C=O) groups is 1. The first kappa shape index (κ1) is 24.3. The summed E-state index contributed by atoms with van der Waals surface area (Å²) in [6, 6.07) is 29.9. The van der Waals surface area contributed by atoms with Crippen LogP contribution >= 0.6 is 0 Å². The van der Waals surface area contributed by atoms with Crippen molar-refractivity contribution >= 4 is 11.6 Å². The van der Waals surface area contributed by atoms with Gasteiger partial charge in [-0.3, -0.25) is 14.6 Å². The van der Waals surface area contributed by atoms with Crippen LogP contribution in [0.25, 0.3) is 0 Å². The van der Waals surface area contributed by atoms with E-state index in [1.165, 1.54) is 16.8 Å². The molecule has 0 aliphatic carbocycles. The predicted octanol–water partition coefficient (Wildman–Crippen LogP) is 3.75. The molecule has 1 amide bonds. The van der Waals surface area contributed by atoms with Gasteiger partial charge in [-0.15, -0.1) is 0 Å². The molecule has 2 aliphatic rings. The third-order valence-electron chi connectivity index (χ3n) is 7.43. The summed E-state index contributed by atoms with van der Waals surface area (Å²) in [6.45, 7) is 7.51. The summed E-state index contributed by atoms with van der Waals surface area (Å²) < 4.78 is 5.26. The van der Waals surface area contributed by atoms with E-state index in [4.69, 9.17) is 4.74 Å². The number of carbonyl (C=O) groups excluding carboxylic acids is 1. The minimum absolute atomic E-state index is 0.247. The summed E-state index contributed by atoms with van der Waals surface area (Å²) in [7, 11) is 1.68. The normalized spacial score (nSPS) is 17.4. The van der Waals surface area contributed by atoms with Gasteiger partial charge in [0.2, 0.25) is 5.91 Å². The van der Waals surface area contributed by atoms with Gasteiger partial charge in [-0.1, -0.05) is 60.7 Å². The van der Waals surface area contributed by atoms with Gasteiger partial charge in [-0.2, -0.15) is 0 Å². The van der Waals surface area contributed by atoms with E-state index < -0.39 is 0 Å². The molecule has 0 aromatic heterocycles. The Bertz CT molecular complexity index is 1050. The van der Waals surface area contributed by atoms with Crippen molar-refractivity contribution in [3.05, 3.63) is 96.1 Å². The zero-order valence-electron chi connectivity index (χ0n) is 21.1. The molecule has 188 valence electrons. The molecule has 0 spiro atoms. The van der Waals surface area contributed by atoms with Gasteiger partial charge < -0.3 is 14.5 Å². The van der Waals surface area contributed by atoms with Crippen LogP contribution in [0.4, 0.5) is 5.69 Å². The quantitative estimate of drug-likeness (QED) is 0.511. The lowest BCUT2D eigenvalue weighted by Gasteiger charge is -2.41. The average molecular weight is 485 g/mol. The second-order valence-corrected chi connectivity index (χ2v) is 9.60.